The predicted octanol–water partition coefficient (Wildman–Crippen LogP) is 7.07. The summed E-state index contributed by atoms with van der Waals surface area (Å²) in [6, 6.07) is 14.3. The van der Waals surface area contributed by atoms with Gasteiger partial charge >= 0.3 is 5.97 Å². The Morgan fingerprint density at radius 1 is 0.767 bits per heavy atom. The molecule has 0 unspecified atom stereocenters. The SMILES string of the molecule is CCCCCCCCOc1ccc(C(=O)Oc2ccc(OC[C@@H](C)CC)cc2)cc1. The van der Waals surface area contributed by atoms with Gasteiger partial charge in [-0.15, -0.1) is 0 Å². The van der Waals surface area contributed by atoms with Crippen LogP contribution in [-0.4, -0.2) is 19.2 Å². The molecule has 4 heteroatoms. The molecule has 4 nitrogen and oxygen atoms in total. The number of carbonyl (C=O) groups is 1. The van der Waals surface area contributed by atoms with E-state index in [9.17, 15) is 4.79 Å². The quantitative estimate of drug-likeness (QED) is 0.189. The predicted molar refractivity (Wildman–Crippen MR) is 122 cm³/mol. The minimum Gasteiger partial charge on any atom is -0.494 e. The summed E-state index contributed by atoms with van der Waals surface area (Å²) in [5.41, 5.74) is 0.499. The van der Waals surface area contributed by atoms with E-state index < -0.39 is 0 Å². The molecule has 0 bridgehead atoms. The van der Waals surface area contributed by atoms with Crippen LogP contribution in [0.5, 0.6) is 17.2 Å². The lowest BCUT2D eigenvalue weighted by Crippen LogP contribution is -2.09. The molecule has 0 radical (unpaired) electrons. The highest BCUT2D eigenvalue weighted by Gasteiger charge is 2.09. The summed E-state index contributed by atoms with van der Waals surface area (Å²) in [6.07, 6.45) is 8.50. The number of rotatable bonds is 14. The molecule has 1 atom stereocenters. The Morgan fingerprint density at radius 2 is 1.33 bits per heavy atom. The molecule has 0 aliphatic rings. The topological polar surface area (TPSA) is 44.8 Å². The molecular weight excluding hydrogens is 376 g/mol. The van der Waals surface area contributed by atoms with Crippen LogP contribution in [0, 0.1) is 5.92 Å². The van der Waals surface area contributed by atoms with Crippen LogP contribution in [0.15, 0.2) is 48.5 Å². The Balaban J connectivity index is 1.73. The van der Waals surface area contributed by atoms with Gasteiger partial charge in [0, 0.05) is 0 Å². The van der Waals surface area contributed by atoms with E-state index in [0.29, 0.717) is 30.4 Å². The molecule has 0 saturated carbocycles. The second-order valence-electron chi connectivity index (χ2n) is 7.83. The first-order valence-electron chi connectivity index (χ1n) is 11.3. The molecular formula is C26H36O4. The van der Waals surface area contributed by atoms with Crippen molar-refractivity contribution >= 4 is 5.97 Å². The van der Waals surface area contributed by atoms with E-state index in [1.54, 1.807) is 24.3 Å². The van der Waals surface area contributed by atoms with Crippen molar-refractivity contribution in [2.24, 2.45) is 5.92 Å². The van der Waals surface area contributed by atoms with Crippen LogP contribution in [0.1, 0.15) is 76.1 Å². The molecule has 0 saturated heterocycles. The largest absolute Gasteiger partial charge is 0.494 e. The van der Waals surface area contributed by atoms with Crippen molar-refractivity contribution < 1.29 is 19.0 Å². The zero-order valence-electron chi connectivity index (χ0n) is 18.7. The van der Waals surface area contributed by atoms with Crippen molar-refractivity contribution in [3.05, 3.63) is 54.1 Å². The number of benzene rings is 2. The van der Waals surface area contributed by atoms with Gasteiger partial charge in [0.15, 0.2) is 0 Å². The molecule has 0 aromatic heterocycles. The third-order valence-corrected chi connectivity index (χ3v) is 5.12. The van der Waals surface area contributed by atoms with Crippen LogP contribution in [0.3, 0.4) is 0 Å². The fraction of sp³-hybridized carbons (Fsp3) is 0.500. The lowest BCUT2D eigenvalue weighted by Gasteiger charge is -2.11. The summed E-state index contributed by atoms with van der Waals surface area (Å²) in [4.78, 5) is 12.4. The van der Waals surface area contributed by atoms with Gasteiger partial charge in [-0.2, -0.15) is 0 Å². The van der Waals surface area contributed by atoms with Crippen molar-refractivity contribution in [2.45, 2.75) is 65.7 Å². The average molecular weight is 413 g/mol. The second kappa shape index (κ2) is 13.7. The average Bonchev–Trinajstić information content (AvgIpc) is 2.78. The first-order valence-corrected chi connectivity index (χ1v) is 11.3. The number of hydrogen-bond donors (Lipinski definition) is 0. The van der Waals surface area contributed by atoms with E-state index >= 15 is 0 Å². The van der Waals surface area contributed by atoms with Crippen LogP contribution in [0.4, 0.5) is 0 Å². The van der Waals surface area contributed by atoms with E-state index in [1.165, 1.54) is 32.1 Å². The number of hydrogen-bond acceptors (Lipinski definition) is 4. The molecule has 0 aliphatic heterocycles. The summed E-state index contributed by atoms with van der Waals surface area (Å²) in [5, 5.41) is 0. The highest BCUT2D eigenvalue weighted by molar-refractivity contribution is 5.91. The highest BCUT2D eigenvalue weighted by atomic mass is 16.5. The van der Waals surface area contributed by atoms with Gasteiger partial charge in [-0.3, -0.25) is 0 Å². The van der Waals surface area contributed by atoms with Gasteiger partial charge in [0.05, 0.1) is 18.8 Å². The second-order valence-corrected chi connectivity index (χ2v) is 7.83. The maximum atomic E-state index is 12.4. The van der Waals surface area contributed by atoms with E-state index in [0.717, 1.165) is 24.3 Å². The lowest BCUT2D eigenvalue weighted by atomic mass is 10.1. The third kappa shape index (κ3) is 8.89. The molecule has 2 aromatic carbocycles. The summed E-state index contributed by atoms with van der Waals surface area (Å²) in [6.45, 7) is 7.92. The summed E-state index contributed by atoms with van der Waals surface area (Å²) >= 11 is 0. The number of carbonyl (C=O) groups excluding carboxylic acids is 1. The monoisotopic (exact) mass is 412 g/mol. The van der Waals surface area contributed by atoms with Crippen molar-refractivity contribution in [2.75, 3.05) is 13.2 Å². The van der Waals surface area contributed by atoms with Crippen LogP contribution >= 0.6 is 0 Å². The zero-order chi connectivity index (χ0) is 21.6. The third-order valence-electron chi connectivity index (χ3n) is 5.12. The molecule has 0 amide bonds. The van der Waals surface area contributed by atoms with Gasteiger partial charge in [-0.05, 0) is 60.9 Å². The van der Waals surface area contributed by atoms with Crippen molar-refractivity contribution in [1.82, 2.24) is 0 Å². The van der Waals surface area contributed by atoms with Crippen LogP contribution in [0.2, 0.25) is 0 Å². The Hall–Kier alpha value is -2.49. The van der Waals surface area contributed by atoms with Gasteiger partial charge in [-0.1, -0.05) is 59.3 Å². The molecule has 0 heterocycles. The van der Waals surface area contributed by atoms with Crippen molar-refractivity contribution in [3.8, 4) is 17.2 Å². The van der Waals surface area contributed by atoms with Crippen molar-refractivity contribution in [3.63, 3.8) is 0 Å². The van der Waals surface area contributed by atoms with E-state index in [4.69, 9.17) is 14.2 Å². The van der Waals surface area contributed by atoms with Crippen LogP contribution in [-0.2, 0) is 0 Å². The smallest absolute Gasteiger partial charge is 0.343 e. The van der Waals surface area contributed by atoms with Gasteiger partial charge in [-0.25, -0.2) is 4.79 Å². The Kier molecular flexibility index (Phi) is 10.8. The minimum atomic E-state index is -0.384. The van der Waals surface area contributed by atoms with Crippen LogP contribution in [0.25, 0.3) is 0 Å². The first-order chi connectivity index (χ1) is 14.6. The molecule has 30 heavy (non-hydrogen) atoms. The number of esters is 1. The Morgan fingerprint density at radius 3 is 2.00 bits per heavy atom. The first kappa shape index (κ1) is 23.8. The fourth-order valence-corrected chi connectivity index (χ4v) is 2.89. The van der Waals surface area contributed by atoms with E-state index in [1.807, 2.05) is 24.3 Å². The van der Waals surface area contributed by atoms with E-state index in [-0.39, 0.29) is 5.97 Å². The maximum Gasteiger partial charge on any atom is 0.343 e. The highest BCUT2D eigenvalue weighted by Crippen LogP contribution is 2.20. The van der Waals surface area contributed by atoms with Gasteiger partial charge in [0.25, 0.3) is 0 Å². The summed E-state index contributed by atoms with van der Waals surface area (Å²) in [5.74, 6) is 2.19. The summed E-state index contributed by atoms with van der Waals surface area (Å²) in [7, 11) is 0. The molecule has 2 rings (SSSR count). The zero-order valence-corrected chi connectivity index (χ0v) is 18.7. The standard InChI is InChI=1S/C26H36O4/c1-4-6-7-8-9-10-19-28-23-13-11-22(12-14-23)26(27)30-25-17-15-24(16-18-25)29-20-21(3)5-2/h11-18,21H,4-10,19-20H2,1-3H3/t21-/m0/s1. The van der Waals surface area contributed by atoms with Crippen LogP contribution < -0.4 is 14.2 Å². The van der Waals surface area contributed by atoms with Gasteiger partial charge in [0.1, 0.15) is 17.2 Å². The lowest BCUT2D eigenvalue weighted by molar-refractivity contribution is 0.0734. The minimum absolute atomic E-state index is 0.384. The van der Waals surface area contributed by atoms with Crippen molar-refractivity contribution in [1.29, 1.82) is 0 Å². The molecule has 0 aliphatic carbocycles. The molecule has 0 N–H and O–H groups in total. The number of ether oxygens (including phenoxy) is 3. The maximum absolute atomic E-state index is 12.4. The molecule has 164 valence electrons. The number of unbranched alkanes of at least 4 members (excludes halogenated alkanes) is 5. The van der Waals surface area contributed by atoms with Gasteiger partial charge < -0.3 is 14.2 Å². The molecule has 0 fully saturated rings. The Labute approximate surface area is 181 Å². The van der Waals surface area contributed by atoms with E-state index in [2.05, 4.69) is 20.8 Å². The van der Waals surface area contributed by atoms with Gasteiger partial charge in [0.2, 0.25) is 0 Å². The fourth-order valence-electron chi connectivity index (χ4n) is 2.89. The molecule has 2 aromatic rings. The summed E-state index contributed by atoms with van der Waals surface area (Å²) < 4.78 is 16.9. The normalized spacial score (nSPS) is 11.7. The molecule has 0 spiro atoms. The Bertz CT molecular complexity index is 722.